The molecule has 5 nitrogen and oxygen atoms in total. The smallest absolute Gasteiger partial charge is 0.238 e. The summed E-state index contributed by atoms with van der Waals surface area (Å²) in [7, 11) is 0. The molecule has 2 amide bonds. The first-order valence-electron chi connectivity index (χ1n) is 10.3. The van der Waals surface area contributed by atoms with Gasteiger partial charge < -0.3 is 4.74 Å². The number of carbonyl (C=O) groups is 3. The highest BCUT2D eigenvalue weighted by Crippen LogP contribution is 2.53. The number of ether oxygens (including phenoxy) is 1. The number of fused-ring (bicyclic) bond motifs is 5. The fourth-order valence-corrected chi connectivity index (χ4v) is 5.05. The van der Waals surface area contributed by atoms with Crippen molar-refractivity contribution in [3.05, 3.63) is 71.3 Å². The lowest BCUT2D eigenvalue weighted by atomic mass is 9.85. The second-order valence-electron chi connectivity index (χ2n) is 8.49. The van der Waals surface area contributed by atoms with Gasteiger partial charge in [-0.2, -0.15) is 0 Å². The van der Waals surface area contributed by atoms with E-state index in [4.69, 9.17) is 4.74 Å². The van der Waals surface area contributed by atoms with Gasteiger partial charge in [0.15, 0.2) is 12.4 Å². The largest absolute Gasteiger partial charge is 0.483 e. The summed E-state index contributed by atoms with van der Waals surface area (Å²) < 4.78 is 5.81. The van der Waals surface area contributed by atoms with Crippen LogP contribution in [0.1, 0.15) is 27.9 Å². The lowest BCUT2D eigenvalue weighted by molar-refractivity contribution is -0.123. The van der Waals surface area contributed by atoms with E-state index >= 15 is 0 Å². The molecule has 2 aromatic carbocycles. The first-order valence-corrected chi connectivity index (χ1v) is 10.3. The van der Waals surface area contributed by atoms with E-state index in [0.717, 1.165) is 17.5 Å². The summed E-state index contributed by atoms with van der Waals surface area (Å²) in [5.41, 5.74) is 3.18. The molecule has 2 bridgehead atoms. The maximum atomic E-state index is 13.1. The van der Waals surface area contributed by atoms with Gasteiger partial charge in [-0.15, -0.1) is 0 Å². The van der Waals surface area contributed by atoms with Crippen LogP contribution in [0.2, 0.25) is 0 Å². The van der Waals surface area contributed by atoms with Gasteiger partial charge in [-0.25, -0.2) is 4.90 Å². The molecular formula is C25H23NO4. The fourth-order valence-electron chi connectivity index (χ4n) is 5.05. The Morgan fingerprint density at radius 2 is 1.63 bits per heavy atom. The highest BCUT2D eigenvalue weighted by Gasteiger charge is 2.59. The number of Topliss-reactive ketones (excluding diaryl/α,β-unsaturated/α-hetero) is 1. The first kappa shape index (κ1) is 18.8. The quantitative estimate of drug-likeness (QED) is 0.433. The van der Waals surface area contributed by atoms with Crippen molar-refractivity contribution in [1.29, 1.82) is 0 Å². The molecule has 4 atom stereocenters. The van der Waals surface area contributed by atoms with Crippen molar-refractivity contribution in [2.24, 2.45) is 23.7 Å². The van der Waals surface area contributed by atoms with E-state index in [-0.39, 0.29) is 47.9 Å². The zero-order chi connectivity index (χ0) is 21.0. The molecule has 30 heavy (non-hydrogen) atoms. The Kier molecular flexibility index (Phi) is 4.35. The highest BCUT2D eigenvalue weighted by atomic mass is 16.5. The minimum atomic E-state index is -0.266. The van der Waals surface area contributed by atoms with E-state index in [1.54, 1.807) is 30.3 Å². The Morgan fingerprint density at radius 1 is 0.967 bits per heavy atom. The van der Waals surface area contributed by atoms with Crippen LogP contribution in [0.25, 0.3) is 0 Å². The maximum absolute atomic E-state index is 13.1. The first-order chi connectivity index (χ1) is 14.5. The summed E-state index contributed by atoms with van der Waals surface area (Å²) in [4.78, 5) is 40.1. The number of nitrogens with zero attached hydrogens (tertiary/aromatic N) is 1. The van der Waals surface area contributed by atoms with E-state index in [2.05, 4.69) is 12.2 Å². The topological polar surface area (TPSA) is 63.7 Å². The minimum Gasteiger partial charge on any atom is -0.483 e. The molecule has 1 aliphatic heterocycles. The highest BCUT2D eigenvalue weighted by molar-refractivity contribution is 6.23. The van der Waals surface area contributed by atoms with E-state index in [1.807, 2.05) is 26.0 Å². The number of imide groups is 1. The van der Waals surface area contributed by atoms with Crippen LogP contribution in [-0.4, -0.2) is 24.2 Å². The van der Waals surface area contributed by atoms with Crippen molar-refractivity contribution in [1.82, 2.24) is 0 Å². The van der Waals surface area contributed by atoms with Crippen LogP contribution in [0.5, 0.6) is 5.75 Å². The molecule has 2 aliphatic carbocycles. The van der Waals surface area contributed by atoms with Crippen LogP contribution in [0.15, 0.2) is 54.6 Å². The van der Waals surface area contributed by atoms with Crippen LogP contribution in [0.4, 0.5) is 5.69 Å². The van der Waals surface area contributed by atoms with Crippen LogP contribution < -0.4 is 9.64 Å². The van der Waals surface area contributed by atoms with Crippen LogP contribution in [-0.2, 0) is 9.59 Å². The van der Waals surface area contributed by atoms with Gasteiger partial charge in [0, 0.05) is 5.56 Å². The number of benzene rings is 2. The average molecular weight is 401 g/mol. The van der Waals surface area contributed by atoms with Crippen LogP contribution in [0.3, 0.4) is 0 Å². The second-order valence-corrected chi connectivity index (χ2v) is 8.49. The molecule has 0 N–H and O–H groups in total. The Bertz CT molecular complexity index is 1070. The Hall–Kier alpha value is -3.21. The summed E-state index contributed by atoms with van der Waals surface area (Å²) >= 11 is 0. The summed E-state index contributed by atoms with van der Waals surface area (Å²) in [6, 6.07) is 12.5. The van der Waals surface area contributed by atoms with Crippen molar-refractivity contribution in [3.8, 4) is 5.75 Å². The number of allylic oxidation sites excluding steroid dienone is 2. The number of hydrogen-bond donors (Lipinski definition) is 0. The summed E-state index contributed by atoms with van der Waals surface area (Å²) in [5.74, 6) is -0.309. The maximum Gasteiger partial charge on any atom is 0.238 e. The van der Waals surface area contributed by atoms with E-state index < -0.39 is 0 Å². The van der Waals surface area contributed by atoms with Crippen molar-refractivity contribution < 1.29 is 19.1 Å². The summed E-state index contributed by atoms with van der Waals surface area (Å²) in [6.45, 7) is 3.80. The normalized spacial score (nSPS) is 26.4. The third kappa shape index (κ3) is 2.80. The molecule has 5 rings (SSSR count). The van der Waals surface area contributed by atoms with Crippen LogP contribution >= 0.6 is 0 Å². The summed E-state index contributed by atoms with van der Waals surface area (Å²) in [6.07, 6.45) is 5.04. The lowest BCUT2D eigenvalue weighted by Crippen LogP contribution is -2.33. The van der Waals surface area contributed by atoms with Gasteiger partial charge in [-0.05, 0) is 61.4 Å². The monoisotopic (exact) mass is 401 g/mol. The Balaban J connectivity index is 1.37. The molecular weight excluding hydrogens is 378 g/mol. The molecule has 2 aromatic rings. The Labute approximate surface area is 175 Å². The van der Waals surface area contributed by atoms with E-state index in [0.29, 0.717) is 17.0 Å². The van der Waals surface area contributed by atoms with Crippen LogP contribution in [0, 0.1) is 37.5 Å². The van der Waals surface area contributed by atoms with E-state index in [1.165, 1.54) is 4.90 Å². The number of ketones is 1. The molecule has 1 saturated carbocycles. The standard InChI is InChI=1S/C25H23NO4/c1-14-7-8-16(11-15(14)2)20(27)13-30-21-6-4-3-5-19(21)26-24(28)22-17-9-10-18(12-17)23(22)25(26)29/h3-11,17-18,22-23H,12-13H2,1-2H3/t17-,18+,22-,23-/m0/s1. The molecule has 1 saturated heterocycles. The number of para-hydroxylation sites is 2. The minimum absolute atomic E-state index is 0.147. The number of carbonyl (C=O) groups excluding carboxylic acids is 3. The van der Waals surface area contributed by atoms with Crippen molar-refractivity contribution in [2.45, 2.75) is 20.3 Å². The van der Waals surface area contributed by atoms with Gasteiger partial charge in [0.05, 0.1) is 17.5 Å². The molecule has 0 aromatic heterocycles. The van der Waals surface area contributed by atoms with Gasteiger partial charge in [0.1, 0.15) is 5.75 Å². The number of anilines is 1. The van der Waals surface area contributed by atoms with Crippen molar-refractivity contribution >= 4 is 23.3 Å². The number of hydrogen-bond acceptors (Lipinski definition) is 4. The zero-order valence-electron chi connectivity index (χ0n) is 17.0. The fraction of sp³-hybridized carbons (Fsp3) is 0.320. The molecule has 152 valence electrons. The van der Waals surface area contributed by atoms with E-state index in [9.17, 15) is 14.4 Å². The molecule has 5 heteroatoms. The predicted octanol–water partition coefficient (Wildman–Crippen LogP) is 3.88. The second kappa shape index (κ2) is 6.94. The zero-order valence-corrected chi connectivity index (χ0v) is 17.0. The van der Waals surface area contributed by atoms with Gasteiger partial charge in [0.2, 0.25) is 11.8 Å². The van der Waals surface area contributed by atoms with Gasteiger partial charge in [-0.1, -0.05) is 36.4 Å². The van der Waals surface area contributed by atoms with Gasteiger partial charge in [0.25, 0.3) is 0 Å². The SMILES string of the molecule is Cc1ccc(C(=O)COc2ccccc2N2C(=O)[C@@H]3[C@@H](C2=O)[C@H]2C=C[C@@H]3C2)cc1C. The van der Waals surface area contributed by atoms with Gasteiger partial charge >= 0.3 is 0 Å². The molecule has 3 aliphatic rings. The molecule has 0 radical (unpaired) electrons. The number of rotatable bonds is 5. The molecule has 0 spiro atoms. The van der Waals surface area contributed by atoms with Gasteiger partial charge in [-0.3, -0.25) is 14.4 Å². The average Bonchev–Trinajstić information content (AvgIpc) is 3.42. The Morgan fingerprint density at radius 3 is 2.30 bits per heavy atom. The lowest BCUT2D eigenvalue weighted by Gasteiger charge is -2.20. The molecule has 0 unspecified atom stereocenters. The predicted molar refractivity (Wildman–Crippen MR) is 112 cm³/mol. The number of amides is 2. The molecule has 2 fully saturated rings. The summed E-state index contributed by atoms with van der Waals surface area (Å²) in [5, 5.41) is 0. The van der Waals surface area contributed by atoms with Crippen molar-refractivity contribution in [2.75, 3.05) is 11.5 Å². The third-order valence-electron chi connectivity index (χ3n) is 6.76. The molecule has 1 heterocycles. The number of aryl methyl sites for hydroxylation is 2. The third-order valence-corrected chi connectivity index (χ3v) is 6.76. The van der Waals surface area contributed by atoms with Crippen molar-refractivity contribution in [3.63, 3.8) is 0 Å².